The minimum atomic E-state index is -0.241. The van der Waals surface area contributed by atoms with Crippen LogP contribution in [0.15, 0.2) is 42.5 Å². The number of ether oxygens (including phenoxy) is 2. The first-order valence-corrected chi connectivity index (χ1v) is 12.9. The second kappa shape index (κ2) is 22.0. The SMILES string of the molecule is CCCCCCCCC=CCCCCCCCCOC[C@H](CO)OCc1ccccc1. The molecule has 0 unspecified atom stereocenters. The Morgan fingerprint density at radius 3 is 1.97 bits per heavy atom. The van der Waals surface area contributed by atoms with Gasteiger partial charge in [-0.2, -0.15) is 0 Å². The molecule has 0 saturated carbocycles. The van der Waals surface area contributed by atoms with Gasteiger partial charge in [-0.15, -0.1) is 0 Å². The first kappa shape index (κ1) is 27.9. The molecule has 0 heterocycles. The third-order valence-electron chi connectivity index (χ3n) is 5.64. The number of aliphatic hydroxyl groups excluding tert-OH is 1. The Kier molecular flexibility index (Phi) is 19.8. The summed E-state index contributed by atoms with van der Waals surface area (Å²) >= 11 is 0. The van der Waals surface area contributed by atoms with Crippen LogP contribution in [-0.2, 0) is 16.1 Å². The van der Waals surface area contributed by atoms with Crippen LogP contribution < -0.4 is 0 Å². The number of allylic oxidation sites excluding steroid dienone is 2. The summed E-state index contributed by atoms with van der Waals surface area (Å²) < 4.78 is 11.4. The van der Waals surface area contributed by atoms with Crippen molar-refractivity contribution in [2.75, 3.05) is 19.8 Å². The molecule has 0 aliphatic rings. The van der Waals surface area contributed by atoms with Crippen LogP contribution in [0.1, 0.15) is 102 Å². The van der Waals surface area contributed by atoms with Gasteiger partial charge < -0.3 is 14.6 Å². The van der Waals surface area contributed by atoms with Gasteiger partial charge in [0.25, 0.3) is 0 Å². The summed E-state index contributed by atoms with van der Waals surface area (Å²) in [6, 6.07) is 10.0. The van der Waals surface area contributed by atoms with E-state index >= 15 is 0 Å². The average molecular weight is 433 g/mol. The fourth-order valence-corrected chi connectivity index (χ4v) is 3.61. The zero-order valence-corrected chi connectivity index (χ0v) is 20.1. The molecule has 31 heavy (non-hydrogen) atoms. The first-order valence-electron chi connectivity index (χ1n) is 12.9. The lowest BCUT2D eigenvalue weighted by molar-refractivity contribution is -0.0502. The fourth-order valence-electron chi connectivity index (χ4n) is 3.61. The molecule has 0 aliphatic carbocycles. The van der Waals surface area contributed by atoms with Crippen LogP contribution in [0.25, 0.3) is 0 Å². The van der Waals surface area contributed by atoms with Gasteiger partial charge in [0.05, 0.1) is 19.8 Å². The van der Waals surface area contributed by atoms with Crippen LogP contribution in [0.3, 0.4) is 0 Å². The van der Waals surface area contributed by atoms with E-state index in [-0.39, 0.29) is 12.7 Å². The minimum Gasteiger partial charge on any atom is -0.394 e. The van der Waals surface area contributed by atoms with Gasteiger partial charge in [-0.3, -0.25) is 0 Å². The summed E-state index contributed by atoms with van der Waals surface area (Å²) in [7, 11) is 0. The summed E-state index contributed by atoms with van der Waals surface area (Å²) in [6.07, 6.45) is 23.0. The highest BCUT2D eigenvalue weighted by molar-refractivity contribution is 5.13. The van der Waals surface area contributed by atoms with Crippen molar-refractivity contribution in [2.45, 2.75) is 110 Å². The fraction of sp³-hybridized carbons (Fsp3) is 0.714. The van der Waals surface area contributed by atoms with Gasteiger partial charge in [-0.1, -0.05) is 107 Å². The average Bonchev–Trinajstić information content (AvgIpc) is 2.81. The van der Waals surface area contributed by atoms with Gasteiger partial charge in [0, 0.05) is 6.61 Å². The molecule has 1 atom stereocenters. The lowest BCUT2D eigenvalue weighted by atomic mass is 10.1. The molecule has 0 spiro atoms. The van der Waals surface area contributed by atoms with Crippen molar-refractivity contribution in [1.82, 2.24) is 0 Å². The second-order valence-electron chi connectivity index (χ2n) is 8.61. The Morgan fingerprint density at radius 1 is 0.774 bits per heavy atom. The molecule has 3 heteroatoms. The Labute approximate surface area is 192 Å². The molecular weight excluding hydrogens is 384 g/mol. The predicted molar refractivity (Wildman–Crippen MR) is 132 cm³/mol. The smallest absolute Gasteiger partial charge is 0.104 e. The maximum atomic E-state index is 9.44. The number of benzene rings is 1. The van der Waals surface area contributed by atoms with E-state index in [9.17, 15) is 5.11 Å². The lowest BCUT2D eigenvalue weighted by Crippen LogP contribution is -2.24. The van der Waals surface area contributed by atoms with Gasteiger partial charge in [-0.05, 0) is 37.7 Å². The minimum absolute atomic E-state index is 0.000237. The molecule has 0 bridgehead atoms. The summed E-state index contributed by atoms with van der Waals surface area (Å²) in [4.78, 5) is 0. The monoisotopic (exact) mass is 432 g/mol. The number of rotatable bonds is 22. The summed E-state index contributed by atoms with van der Waals surface area (Å²) in [6.45, 7) is 4.02. The molecule has 0 radical (unpaired) electrons. The van der Waals surface area contributed by atoms with E-state index in [1.165, 1.54) is 83.5 Å². The zero-order chi connectivity index (χ0) is 22.2. The van der Waals surface area contributed by atoms with Gasteiger partial charge in [0.1, 0.15) is 6.10 Å². The van der Waals surface area contributed by atoms with Gasteiger partial charge in [-0.25, -0.2) is 0 Å². The standard InChI is InChI=1S/C28H48O3/c1-2-3-4-5-6-7-8-9-10-11-12-13-14-15-16-20-23-30-26-28(24-29)31-25-27-21-18-17-19-22-27/h9-10,17-19,21-22,28-29H,2-8,11-16,20,23-26H2,1H3/t28-/m0/s1. The highest BCUT2D eigenvalue weighted by Crippen LogP contribution is 2.10. The van der Waals surface area contributed by atoms with Gasteiger partial charge >= 0.3 is 0 Å². The van der Waals surface area contributed by atoms with Crippen molar-refractivity contribution in [3.05, 3.63) is 48.0 Å². The van der Waals surface area contributed by atoms with Crippen molar-refractivity contribution in [2.24, 2.45) is 0 Å². The number of aliphatic hydroxyl groups is 1. The summed E-state index contributed by atoms with van der Waals surface area (Å²) in [5.41, 5.74) is 1.12. The third kappa shape index (κ3) is 18.1. The molecule has 3 nitrogen and oxygen atoms in total. The van der Waals surface area contributed by atoms with Crippen molar-refractivity contribution in [3.8, 4) is 0 Å². The van der Waals surface area contributed by atoms with Crippen molar-refractivity contribution in [3.63, 3.8) is 0 Å². The second-order valence-corrected chi connectivity index (χ2v) is 8.61. The molecule has 1 aromatic carbocycles. The third-order valence-corrected chi connectivity index (χ3v) is 5.64. The topological polar surface area (TPSA) is 38.7 Å². The molecule has 0 amide bonds. The molecule has 0 saturated heterocycles. The maximum absolute atomic E-state index is 9.44. The molecule has 1 aromatic rings. The van der Waals surface area contributed by atoms with Crippen LogP contribution >= 0.6 is 0 Å². The van der Waals surface area contributed by atoms with Crippen LogP contribution in [-0.4, -0.2) is 31.0 Å². The van der Waals surface area contributed by atoms with Crippen LogP contribution in [0, 0.1) is 0 Å². The molecule has 0 aromatic heterocycles. The van der Waals surface area contributed by atoms with E-state index in [0.717, 1.165) is 18.6 Å². The lowest BCUT2D eigenvalue weighted by Gasteiger charge is -2.15. The molecule has 0 aliphatic heterocycles. The molecule has 0 fully saturated rings. The molecular formula is C28H48O3. The van der Waals surface area contributed by atoms with Crippen LogP contribution in [0.5, 0.6) is 0 Å². The van der Waals surface area contributed by atoms with E-state index in [1.807, 2.05) is 30.3 Å². The Hall–Kier alpha value is -1.16. The van der Waals surface area contributed by atoms with E-state index in [2.05, 4.69) is 19.1 Å². The van der Waals surface area contributed by atoms with Crippen LogP contribution in [0.2, 0.25) is 0 Å². The van der Waals surface area contributed by atoms with E-state index in [4.69, 9.17) is 9.47 Å². The zero-order valence-electron chi connectivity index (χ0n) is 20.1. The van der Waals surface area contributed by atoms with E-state index < -0.39 is 0 Å². The van der Waals surface area contributed by atoms with Crippen molar-refractivity contribution in [1.29, 1.82) is 0 Å². The normalized spacial score (nSPS) is 12.6. The number of hydrogen-bond donors (Lipinski definition) is 1. The Morgan fingerprint density at radius 2 is 1.35 bits per heavy atom. The van der Waals surface area contributed by atoms with Crippen LogP contribution in [0.4, 0.5) is 0 Å². The largest absolute Gasteiger partial charge is 0.394 e. The Balaban J connectivity index is 1.82. The van der Waals surface area contributed by atoms with Gasteiger partial charge in [0.15, 0.2) is 0 Å². The maximum Gasteiger partial charge on any atom is 0.104 e. The molecule has 1 N–H and O–H groups in total. The number of unbranched alkanes of at least 4 members (excludes halogenated alkanes) is 12. The van der Waals surface area contributed by atoms with E-state index in [0.29, 0.717) is 13.2 Å². The van der Waals surface area contributed by atoms with E-state index in [1.54, 1.807) is 0 Å². The summed E-state index contributed by atoms with van der Waals surface area (Å²) in [5.74, 6) is 0. The van der Waals surface area contributed by atoms with Crippen molar-refractivity contribution < 1.29 is 14.6 Å². The predicted octanol–water partition coefficient (Wildman–Crippen LogP) is 7.62. The highest BCUT2D eigenvalue weighted by atomic mass is 16.5. The Bertz CT molecular complexity index is 500. The first-order chi connectivity index (χ1) is 15.4. The van der Waals surface area contributed by atoms with Gasteiger partial charge in [0.2, 0.25) is 0 Å². The number of hydrogen-bond acceptors (Lipinski definition) is 3. The molecule has 178 valence electrons. The quantitative estimate of drug-likeness (QED) is 0.151. The van der Waals surface area contributed by atoms with Crippen molar-refractivity contribution >= 4 is 0 Å². The highest BCUT2D eigenvalue weighted by Gasteiger charge is 2.08. The molecule has 1 rings (SSSR count). The summed E-state index contributed by atoms with van der Waals surface area (Å²) in [5, 5.41) is 9.44.